The van der Waals surface area contributed by atoms with Crippen LogP contribution in [-0.4, -0.2) is 19.9 Å². The van der Waals surface area contributed by atoms with Crippen LogP contribution in [0.25, 0.3) is 21.6 Å². The first-order valence-electron chi connectivity index (χ1n) is 7.48. The molecule has 0 amide bonds. The summed E-state index contributed by atoms with van der Waals surface area (Å²) in [6, 6.07) is 9.68. The summed E-state index contributed by atoms with van der Waals surface area (Å²) in [6.07, 6.45) is 3.26. The molecule has 0 saturated carbocycles. The van der Waals surface area contributed by atoms with Gasteiger partial charge in [-0.15, -0.1) is 11.3 Å². The van der Waals surface area contributed by atoms with Gasteiger partial charge in [-0.3, -0.25) is 4.98 Å². The molecule has 0 bridgehead atoms. The second-order valence-corrected chi connectivity index (χ2v) is 6.27. The molecule has 0 aliphatic heterocycles. The van der Waals surface area contributed by atoms with Crippen LogP contribution < -0.4 is 4.74 Å². The summed E-state index contributed by atoms with van der Waals surface area (Å²) < 4.78 is 6.12. The minimum absolute atomic E-state index is 0.531. The largest absolute Gasteiger partial charge is 0.436 e. The summed E-state index contributed by atoms with van der Waals surface area (Å²) >= 11 is 1.56. The van der Waals surface area contributed by atoms with Gasteiger partial charge in [0.2, 0.25) is 5.88 Å². The van der Waals surface area contributed by atoms with Crippen LogP contribution in [0.2, 0.25) is 0 Å². The molecule has 0 atom stereocenters. The van der Waals surface area contributed by atoms with E-state index in [4.69, 9.17) is 4.74 Å². The van der Waals surface area contributed by atoms with Gasteiger partial charge in [-0.25, -0.2) is 15.0 Å². The lowest BCUT2D eigenvalue weighted by atomic mass is 10.1. The number of thiophene rings is 1. The Morgan fingerprint density at radius 2 is 1.96 bits per heavy atom. The number of rotatable bonds is 3. The lowest BCUT2D eigenvalue weighted by molar-refractivity contribution is 0.467. The van der Waals surface area contributed by atoms with Gasteiger partial charge in [-0.1, -0.05) is 6.07 Å². The molecule has 118 valence electrons. The van der Waals surface area contributed by atoms with Crippen LogP contribution >= 0.6 is 11.3 Å². The third-order valence-corrected chi connectivity index (χ3v) is 4.59. The van der Waals surface area contributed by atoms with Crippen molar-refractivity contribution in [2.45, 2.75) is 13.8 Å². The fraction of sp³-hybridized carbons (Fsp3) is 0.111. The van der Waals surface area contributed by atoms with Crippen molar-refractivity contribution in [2.24, 2.45) is 0 Å². The third kappa shape index (κ3) is 2.61. The predicted molar refractivity (Wildman–Crippen MR) is 94.4 cm³/mol. The van der Waals surface area contributed by atoms with E-state index in [1.54, 1.807) is 17.5 Å². The average Bonchev–Trinajstić information content (AvgIpc) is 3.08. The Morgan fingerprint density at radius 3 is 2.79 bits per heavy atom. The predicted octanol–water partition coefficient (Wildman–Crippen LogP) is 4.56. The number of pyridine rings is 2. The Hall–Kier alpha value is -2.86. The molecule has 0 N–H and O–H groups in total. The zero-order valence-corrected chi connectivity index (χ0v) is 14.0. The van der Waals surface area contributed by atoms with E-state index in [2.05, 4.69) is 19.9 Å². The van der Waals surface area contributed by atoms with Gasteiger partial charge >= 0.3 is 0 Å². The maximum absolute atomic E-state index is 6.12. The first-order chi connectivity index (χ1) is 11.7. The topological polar surface area (TPSA) is 60.8 Å². The molecule has 0 radical (unpaired) electrons. The minimum Gasteiger partial charge on any atom is -0.436 e. The molecule has 5 nitrogen and oxygen atoms in total. The number of aromatic nitrogens is 4. The Bertz CT molecular complexity index is 1010. The minimum atomic E-state index is 0.531. The molecule has 0 aliphatic carbocycles. The molecular formula is C18H14N4OS. The van der Waals surface area contributed by atoms with Crippen LogP contribution in [0.15, 0.2) is 48.2 Å². The molecule has 6 heteroatoms. The number of ether oxygens (including phenoxy) is 1. The van der Waals surface area contributed by atoms with E-state index in [1.807, 2.05) is 49.6 Å². The van der Waals surface area contributed by atoms with Crippen LogP contribution in [0.3, 0.4) is 0 Å². The summed E-state index contributed by atoms with van der Waals surface area (Å²) in [5.74, 6) is 1.17. The van der Waals surface area contributed by atoms with Crippen molar-refractivity contribution in [1.29, 1.82) is 0 Å². The van der Waals surface area contributed by atoms with Gasteiger partial charge in [0.1, 0.15) is 16.9 Å². The monoisotopic (exact) mass is 334 g/mol. The van der Waals surface area contributed by atoms with E-state index >= 15 is 0 Å². The van der Waals surface area contributed by atoms with Gasteiger partial charge in [-0.2, -0.15) is 0 Å². The fourth-order valence-electron chi connectivity index (χ4n) is 2.40. The van der Waals surface area contributed by atoms with Crippen LogP contribution in [0.4, 0.5) is 0 Å². The van der Waals surface area contributed by atoms with Crippen LogP contribution in [0.1, 0.15) is 11.3 Å². The highest BCUT2D eigenvalue weighted by atomic mass is 32.1. The van der Waals surface area contributed by atoms with Gasteiger partial charge in [0, 0.05) is 11.9 Å². The van der Waals surface area contributed by atoms with Crippen molar-refractivity contribution >= 4 is 21.6 Å². The highest BCUT2D eigenvalue weighted by Gasteiger charge is 2.15. The number of nitrogens with zero attached hydrogens (tertiary/aromatic N) is 4. The van der Waals surface area contributed by atoms with Crippen LogP contribution in [0.5, 0.6) is 11.6 Å². The smallest absolute Gasteiger partial charge is 0.231 e. The molecule has 0 saturated heterocycles. The van der Waals surface area contributed by atoms with Gasteiger partial charge in [-0.05, 0) is 49.1 Å². The molecule has 0 aliphatic rings. The van der Waals surface area contributed by atoms with E-state index in [-0.39, 0.29) is 0 Å². The maximum Gasteiger partial charge on any atom is 0.231 e. The van der Waals surface area contributed by atoms with Crippen molar-refractivity contribution in [1.82, 2.24) is 19.9 Å². The highest BCUT2D eigenvalue weighted by molar-refractivity contribution is 7.16. The second-order valence-electron chi connectivity index (χ2n) is 5.37. The molecule has 4 aromatic rings. The van der Waals surface area contributed by atoms with Gasteiger partial charge in [0.25, 0.3) is 0 Å². The van der Waals surface area contributed by atoms with E-state index in [0.29, 0.717) is 17.3 Å². The first-order valence-corrected chi connectivity index (χ1v) is 8.36. The van der Waals surface area contributed by atoms with Crippen molar-refractivity contribution in [3.8, 4) is 23.0 Å². The zero-order chi connectivity index (χ0) is 16.5. The van der Waals surface area contributed by atoms with Gasteiger partial charge in [0.15, 0.2) is 5.75 Å². The van der Waals surface area contributed by atoms with Crippen molar-refractivity contribution in [3.05, 3.63) is 59.5 Å². The lowest BCUT2D eigenvalue weighted by Crippen LogP contribution is -1.98. The van der Waals surface area contributed by atoms with E-state index < -0.39 is 0 Å². The number of fused-ring (bicyclic) bond motifs is 1. The van der Waals surface area contributed by atoms with Gasteiger partial charge in [0.05, 0.1) is 11.1 Å². The van der Waals surface area contributed by atoms with Crippen molar-refractivity contribution < 1.29 is 4.74 Å². The summed E-state index contributed by atoms with van der Waals surface area (Å²) in [4.78, 5) is 18.5. The highest BCUT2D eigenvalue weighted by Crippen LogP contribution is 2.35. The lowest BCUT2D eigenvalue weighted by Gasteiger charge is -2.12. The van der Waals surface area contributed by atoms with Crippen molar-refractivity contribution in [3.63, 3.8) is 0 Å². The standard InChI is InChI=1S/C18H14N4OS/c1-11-9-15(16(22-12(11)2)14-5-3-4-7-19-14)23-17-13-6-8-24-18(13)21-10-20-17/h3-10H,1-2H3. The van der Waals surface area contributed by atoms with E-state index in [0.717, 1.165) is 27.2 Å². The molecule has 0 aromatic carbocycles. The quantitative estimate of drug-likeness (QED) is 0.550. The molecule has 0 spiro atoms. The number of aryl methyl sites for hydroxylation is 2. The Labute approximate surface area is 143 Å². The van der Waals surface area contributed by atoms with Crippen LogP contribution in [-0.2, 0) is 0 Å². The Kier molecular flexibility index (Phi) is 3.66. The normalized spacial score (nSPS) is 10.9. The summed E-state index contributed by atoms with van der Waals surface area (Å²) in [5.41, 5.74) is 3.48. The molecule has 24 heavy (non-hydrogen) atoms. The SMILES string of the molecule is Cc1cc(Oc2ncnc3sccc23)c(-c2ccccn2)nc1C. The second kappa shape index (κ2) is 5.98. The molecule has 0 fully saturated rings. The molecule has 4 heterocycles. The van der Waals surface area contributed by atoms with Gasteiger partial charge < -0.3 is 4.74 Å². The fourth-order valence-corrected chi connectivity index (χ4v) is 3.12. The maximum atomic E-state index is 6.12. The first kappa shape index (κ1) is 14.7. The zero-order valence-electron chi connectivity index (χ0n) is 13.2. The summed E-state index contributed by atoms with van der Waals surface area (Å²) in [6.45, 7) is 3.99. The number of hydrogen-bond donors (Lipinski definition) is 0. The van der Waals surface area contributed by atoms with Crippen molar-refractivity contribution in [2.75, 3.05) is 0 Å². The molecular weight excluding hydrogens is 320 g/mol. The van der Waals surface area contributed by atoms with E-state index in [9.17, 15) is 0 Å². The van der Waals surface area contributed by atoms with E-state index in [1.165, 1.54) is 6.33 Å². The molecule has 4 rings (SSSR count). The summed E-state index contributed by atoms with van der Waals surface area (Å²) in [7, 11) is 0. The summed E-state index contributed by atoms with van der Waals surface area (Å²) in [5, 5.41) is 2.87. The molecule has 0 unspecified atom stereocenters. The average molecular weight is 334 g/mol. The Balaban J connectivity index is 1.86. The van der Waals surface area contributed by atoms with Crippen LogP contribution in [0, 0.1) is 13.8 Å². The number of hydrogen-bond acceptors (Lipinski definition) is 6. The molecule has 4 aromatic heterocycles. The third-order valence-electron chi connectivity index (χ3n) is 3.77. The Morgan fingerprint density at radius 1 is 1.04 bits per heavy atom.